The number of carbonyl (C=O) groups is 2. The molecule has 0 radical (unpaired) electrons. The van der Waals surface area contributed by atoms with Gasteiger partial charge in [0.25, 0.3) is 0 Å². The van der Waals surface area contributed by atoms with Gasteiger partial charge < -0.3 is 11.1 Å². The van der Waals surface area contributed by atoms with Crippen LogP contribution in [0, 0.1) is 6.92 Å². The topological polar surface area (TPSA) is 72.2 Å². The number of carbonyl (C=O) groups excluding carboxylic acids is 2. The van der Waals surface area contributed by atoms with E-state index >= 15 is 0 Å². The molecule has 98 valence electrons. The predicted molar refractivity (Wildman–Crippen MR) is 74.3 cm³/mol. The van der Waals surface area contributed by atoms with E-state index < -0.39 is 5.91 Å². The second-order valence-electron chi connectivity index (χ2n) is 4.10. The van der Waals surface area contributed by atoms with Crippen molar-refractivity contribution < 1.29 is 9.59 Å². The Morgan fingerprint density at radius 1 is 1.33 bits per heavy atom. The molecule has 0 aliphatic heterocycles. The van der Waals surface area contributed by atoms with Crippen LogP contribution in [0.2, 0.25) is 0 Å². The summed E-state index contributed by atoms with van der Waals surface area (Å²) in [5.74, 6) is -0.0672. The van der Waals surface area contributed by atoms with Gasteiger partial charge in [-0.25, -0.2) is 0 Å². The maximum Gasteiger partial charge on any atom is 0.230 e. The molecule has 0 aliphatic rings. The van der Waals surface area contributed by atoms with E-state index in [4.69, 9.17) is 5.73 Å². The molecular weight excluding hydrogens is 248 g/mol. The molecule has 0 spiro atoms. The van der Waals surface area contributed by atoms with Gasteiger partial charge >= 0.3 is 0 Å². The van der Waals surface area contributed by atoms with Crippen LogP contribution in [0.4, 0.5) is 0 Å². The van der Waals surface area contributed by atoms with Crippen LogP contribution in [0.25, 0.3) is 0 Å². The Labute approximate surface area is 111 Å². The lowest BCUT2D eigenvalue weighted by molar-refractivity contribution is -0.119. The predicted octanol–water partition coefficient (Wildman–Crippen LogP) is 1.39. The minimum atomic E-state index is -0.403. The van der Waals surface area contributed by atoms with Crippen molar-refractivity contribution in [2.45, 2.75) is 19.9 Å². The van der Waals surface area contributed by atoms with Crippen molar-refractivity contribution in [2.75, 3.05) is 11.5 Å². The van der Waals surface area contributed by atoms with Crippen LogP contribution in [-0.2, 0) is 9.59 Å². The summed E-state index contributed by atoms with van der Waals surface area (Å²) < 4.78 is 0. The zero-order chi connectivity index (χ0) is 13.5. The first-order valence-electron chi connectivity index (χ1n) is 5.71. The number of benzene rings is 1. The fraction of sp³-hybridized carbons (Fsp3) is 0.385. The minimum Gasteiger partial charge on any atom is -0.369 e. The molecule has 1 atom stereocenters. The SMILES string of the molecule is Cc1ccccc1[C@@H](C)NC(=O)CSCC(N)=O. The van der Waals surface area contributed by atoms with E-state index in [9.17, 15) is 9.59 Å². The van der Waals surface area contributed by atoms with E-state index in [0.717, 1.165) is 11.1 Å². The fourth-order valence-electron chi connectivity index (χ4n) is 1.68. The number of aryl methyl sites for hydroxylation is 1. The van der Waals surface area contributed by atoms with Gasteiger partial charge in [-0.15, -0.1) is 11.8 Å². The number of rotatable bonds is 6. The average molecular weight is 266 g/mol. The standard InChI is InChI=1S/C13H18N2O2S/c1-9-5-3-4-6-11(9)10(2)15-13(17)8-18-7-12(14)16/h3-6,10H,7-8H2,1-2H3,(H2,14,16)(H,15,17)/t10-/m1/s1. The quantitative estimate of drug-likeness (QED) is 0.817. The smallest absolute Gasteiger partial charge is 0.230 e. The highest BCUT2D eigenvalue weighted by molar-refractivity contribution is 8.00. The largest absolute Gasteiger partial charge is 0.369 e. The van der Waals surface area contributed by atoms with E-state index in [1.54, 1.807) is 0 Å². The van der Waals surface area contributed by atoms with Gasteiger partial charge in [0.2, 0.25) is 11.8 Å². The summed E-state index contributed by atoms with van der Waals surface area (Å²) in [7, 11) is 0. The molecule has 0 saturated heterocycles. The first kappa shape index (κ1) is 14.6. The number of thioether (sulfide) groups is 1. The monoisotopic (exact) mass is 266 g/mol. The molecule has 18 heavy (non-hydrogen) atoms. The molecule has 0 saturated carbocycles. The van der Waals surface area contributed by atoms with Gasteiger partial charge in [-0.3, -0.25) is 9.59 Å². The first-order valence-corrected chi connectivity index (χ1v) is 6.87. The van der Waals surface area contributed by atoms with E-state index in [0.29, 0.717) is 0 Å². The fourth-order valence-corrected chi connectivity index (χ4v) is 2.25. The van der Waals surface area contributed by atoms with Crippen molar-refractivity contribution in [3.63, 3.8) is 0 Å². The number of primary amides is 1. The van der Waals surface area contributed by atoms with Gasteiger partial charge in [0, 0.05) is 0 Å². The third-order valence-electron chi connectivity index (χ3n) is 2.51. The third kappa shape index (κ3) is 4.79. The lowest BCUT2D eigenvalue weighted by Gasteiger charge is -2.16. The summed E-state index contributed by atoms with van der Waals surface area (Å²) >= 11 is 1.22. The molecule has 4 nitrogen and oxygen atoms in total. The molecule has 1 aromatic carbocycles. The van der Waals surface area contributed by atoms with Crippen LogP contribution in [-0.4, -0.2) is 23.3 Å². The Morgan fingerprint density at radius 2 is 2.00 bits per heavy atom. The van der Waals surface area contributed by atoms with Crippen molar-refractivity contribution in [3.05, 3.63) is 35.4 Å². The summed E-state index contributed by atoms with van der Waals surface area (Å²) in [6.07, 6.45) is 0. The second kappa shape index (κ2) is 7.06. The molecule has 0 aromatic heterocycles. The summed E-state index contributed by atoms with van der Waals surface area (Å²) in [6, 6.07) is 7.90. The normalized spacial score (nSPS) is 11.9. The van der Waals surface area contributed by atoms with Gasteiger partial charge in [0.15, 0.2) is 0 Å². The Morgan fingerprint density at radius 3 is 2.61 bits per heavy atom. The Balaban J connectivity index is 2.45. The molecule has 3 N–H and O–H groups in total. The highest BCUT2D eigenvalue weighted by Crippen LogP contribution is 2.16. The van der Waals surface area contributed by atoms with Gasteiger partial charge in [0.05, 0.1) is 17.5 Å². The molecule has 2 amide bonds. The van der Waals surface area contributed by atoms with Gasteiger partial charge in [-0.2, -0.15) is 0 Å². The maximum atomic E-state index is 11.6. The van der Waals surface area contributed by atoms with Crippen molar-refractivity contribution in [1.29, 1.82) is 0 Å². The molecule has 1 aromatic rings. The highest BCUT2D eigenvalue weighted by atomic mass is 32.2. The Hall–Kier alpha value is -1.49. The van der Waals surface area contributed by atoms with Crippen LogP contribution in [0.15, 0.2) is 24.3 Å². The molecule has 0 bridgehead atoms. The molecule has 0 aliphatic carbocycles. The van der Waals surface area contributed by atoms with Gasteiger partial charge in [0.1, 0.15) is 0 Å². The lowest BCUT2D eigenvalue weighted by Crippen LogP contribution is -2.29. The number of nitrogens with one attached hydrogen (secondary N) is 1. The van der Waals surface area contributed by atoms with Gasteiger partial charge in [-0.05, 0) is 25.0 Å². The average Bonchev–Trinajstić information content (AvgIpc) is 2.28. The summed E-state index contributed by atoms with van der Waals surface area (Å²) in [4.78, 5) is 22.2. The Kier molecular flexibility index (Phi) is 5.71. The van der Waals surface area contributed by atoms with Gasteiger partial charge in [-0.1, -0.05) is 24.3 Å². The molecule has 0 unspecified atom stereocenters. The maximum absolute atomic E-state index is 11.6. The zero-order valence-electron chi connectivity index (χ0n) is 10.6. The summed E-state index contributed by atoms with van der Waals surface area (Å²) in [5.41, 5.74) is 7.25. The number of hydrogen-bond acceptors (Lipinski definition) is 3. The van der Waals surface area contributed by atoms with E-state index in [1.807, 2.05) is 38.1 Å². The van der Waals surface area contributed by atoms with Crippen molar-refractivity contribution in [1.82, 2.24) is 5.32 Å². The molecule has 0 heterocycles. The van der Waals surface area contributed by atoms with Crippen LogP contribution >= 0.6 is 11.8 Å². The Bertz CT molecular complexity index is 435. The van der Waals surface area contributed by atoms with Crippen molar-refractivity contribution in [2.24, 2.45) is 5.73 Å². The second-order valence-corrected chi connectivity index (χ2v) is 5.09. The van der Waals surface area contributed by atoms with Crippen molar-refractivity contribution in [3.8, 4) is 0 Å². The highest BCUT2D eigenvalue weighted by Gasteiger charge is 2.11. The molecule has 5 heteroatoms. The molecule has 1 rings (SSSR count). The van der Waals surface area contributed by atoms with E-state index in [-0.39, 0.29) is 23.5 Å². The van der Waals surface area contributed by atoms with Crippen LogP contribution in [0.1, 0.15) is 24.1 Å². The number of amides is 2. The van der Waals surface area contributed by atoms with Crippen molar-refractivity contribution >= 4 is 23.6 Å². The lowest BCUT2D eigenvalue weighted by atomic mass is 10.0. The van der Waals surface area contributed by atoms with E-state index in [2.05, 4.69) is 5.32 Å². The molecular formula is C13H18N2O2S. The molecule has 0 fully saturated rings. The van der Waals surface area contributed by atoms with Crippen LogP contribution < -0.4 is 11.1 Å². The zero-order valence-corrected chi connectivity index (χ0v) is 11.4. The van der Waals surface area contributed by atoms with E-state index in [1.165, 1.54) is 11.8 Å². The summed E-state index contributed by atoms with van der Waals surface area (Å²) in [5, 5.41) is 2.90. The van der Waals surface area contributed by atoms with Crippen LogP contribution in [0.3, 0.4) is 0 Å². The number of nitrogens with two attached hydrogens (primary N) is 1. The third-order valence-corrected chi connectivity index (χ3v) is 3.46. The summed E-state index contributed by atoms with van der Waals surface area (Å²) in [6.45, 7) is 3.96. The number of hydrogen-bond donors (Lipinski definition) is 2. The minimum absolute atomic E-state index is 0.0344. The first-order chi connectivity index (χ1) is 8.50. The van der Waals surface area contributed by atoms with Crippen LogP contribution in [0.5, 0.6) is 0 Å².